The zero-order chi connectivity index (χ0) is 23.8. The molecule has 3 aromatic rings. The second-order valence-corrected chi connectivity index (χ2v) is 7.54. The molecule has 12 heteroatoms. The summed E-state index contributed by atoms with van der Waals surface area (Å²) in [6, 6.07) is 6.09. The van der Waals surface area contributed by atoms with Gasteiger partial charge in [-0.3, -0.25) is 9.20 Å². The van der Waals surface area contributed by atoms with E-state index in [2.05, 4.69) is 14.9 Å². The zero-order valence-corrected chi connectivity index (χ0v) is 17.4. The normalized spacial score (nSPS) is 16.9. The van der Waals surface area contributed by atoms with Crippen molar-refractivity contribution in [3.05, 3.63) is 53.5 Å². The lowest BCUT2D eigenvalue weighted by molar-refractivity contribution is -0.137. The van der Waals surface area contributed by atoms with Crippen molar-refractivity contribution in [2.75, 3.05) is 20.2 Å². The van der Waals surface area contributed by atoms with Gasteiger partial charge in [0.05, 0.1) is 12.7 Å². The summed E-state index contributed by atoms with van der Waals surface area (Å²) in [7, 11) is 1.27. The Balaban J connectivity index is 1.57. The molecule has 0 saturated carbocycles. The lowest BCUT2D eigenvalue weighted by Gasteiger charge is -2.32. The van der Waals surface area contributed by atoms with Gasteiger partial charge in [-0.25, -0.2) is 0 Å². The molecule has 1 atom stereocenters. The van der Waals surface area contributed by atoms with Gasteiger partial charge in [0, 0.05) is 30.8 Å². The third-order valence-electron chi connectivity index (χ3n) is 5.46. The molecule has 1 aliphatic rings. The number of aromatic nitrogens is 3. The van der Waals surface area contributed by atoms with Crippen LogP contribution < -0.4 is 9.47 Å². The van der Waals surface area contributed by atoms with E-state index in [1.807, 2.05) is 0 Å². The number of carbonyl (C=O) groups is 1. The number of hydrogen-bond donors (Lipinski definition) is 0. The van der Waals surface area contributed by atoms with Gasteiger partial charge in [0.1, 0.15) is 5.82 Å². The average molecular weight is 470 g/mol. The Morgan fingerprint density at radius 1 is 1.15 bits per heavy atom. The Kier molecular flexibility index (Phi) is 6.09. The predicted molar refractivity (Wildman–Crippen MR) is 105 cm³/mol. The summed E-state index contributed by atoms with van der Waals surface area (Å²) in [4.78, 5) is 14.6. The zero-order valence-electron chi connectivity index (χ0n) is 17.4. The Morgan fingerprint density at radius 2 is 1.94 bits per heavy atom. The lowest BCUT2D eigenvalue weighted by Crippen LogP contribution is -2.39. The lowest BCUT2D eigenvalue weighted by atomic mass is 9.96. The SMILES string of the molecule is COc1cc(C(=O)N2CCCC(c3nnc4ccc(C(F)(F)F)cn34)C2)ccc1OC(F)F. The van der Waals surface area contributed by atoms with Crippen LogP contribution in [0.4, 0.5) is 22.0 Å². The fourth-order valence-electron chi connectivity index (χ4n) is 3.90. The summed E-state index contributed by atoms with van der Waals surface area (Å²) in [6.07, 6.45) is -2.33. The molecule has 0 spiro atoms. The van der Waals surface area contributed by atoms with E-state index in [9.17, 15) is 26.7 Å². The molecule has 3 heterocycles. The van der Waals surface area contributed by atoms with Crippen LogP contribution in [0, 0.1) is 0 Å². The van der Waals surface area contributed by atoms with E-state index < -0.39 is 18.4 Å². The Hall–Kier alpha value is -3.44. The first-order valence-electron chi connectivity index (χ1n) is 10.0. The molecule has 33 heavy (non-hydrogen) atoms. The maximum atomic E-state index is 13.1. The van der Waals surface area contributed by atoms with Gasteiger partial charge in [-0.15, -0.1) is 10.2 Å². The smallest absolute Gasteiger partial charge is 0.417 e. The molecule has 1 unspecified atom stereocenters. The van der Waals surface area contributed by atoms with Gasteiger partial charge in [0.2, 0.25) is 0 Å². The first-order chi connectivity index (χ1) is 15.7. The van der Waals surface area contributed by atoms with E-state index in [1.165, 1.54) is 35.8 Å². The van der Waals surface area contributed by atoms with E-state index in [-0.39, 0.29) is 41.1 Å². The van der Waals surface area contributed by atoms with Crippen molar-refractivity contribution in [3.63, 3.8) is 0 Å². The van der Waals surface area contributed by atoms with Gasteiger partial charge in [-0.1, -0.05) is 0 Å². The second kappa shape index (κ2) is 8.83. The number of likely N-dealkylation sites (tertiary alicyclic amines) is 1. The van der Waals surface area contributed by atoms with Gasteiger partial charge in [-0.05, 0) is 43.2 Å². The van der Waals surface area contributed by atoms with E-state index in [0.717, 1.165) is 12.3 Å². The van der Waals surface area contributed by atoms with Gasteiger partial charge in [0.15, 0.2) is 17.1 Å². The molecule has 0 bridgehead atoms. The number of halogens is 5. The molecule has 1 aromatic carbocycles. The van der Waals surface area contributed by atoms with Crippen molar-refractivity contribution in [2.24, 2.45) is 0 Å². The fraction of sp³-hybridized carbons (Fsp3) is 0.381. The number of pyridine rings is 1. The Labute approximate surface area is 184 Å². The fourth-order valence-corrected chi connectivity index (χ4v) is 3.90. The molecular weight excluding hydrogens is 451 g/mol. The number of methoxy groups -OCH3 is 1. The minimum atomic E-state index is -4.51. The first-order valence-corrected chi connectivity index (χ1v) is 10.0. The summed E-state index contributed by atoms with van der Waals surface area (Å²) < 4.78 is 75.2. The third-order valence-corrected chi connectivity index (χ3v) is 5.46. The molecule has 0 aliphatic carbocycles. The monoisotopic (exact) mass is 470 g/mol. The highest BCUT2D eigenvalue weighted by Gasteiger charge is 2.33. The number of ether oxygens (including phenoxy) is 2. The van der Waals surface area contributed by atoms with Crippen LogP contribution in [0.25, 0.3) is 5.65 Å². The maximum Gasteiger partial charge on any atom is 0.417 e. The summed E-state index contributed by atoms with van der Waals surface area (Å²) in [5.41, 5.74) is -0.335. The number of benzene rings is 1. The number of alkyl halides is 5. The van der Waals surface area contributed by atoms with Crippen LogP contribution in [0.15, 0.2) is 36.5 Å². The highest BCUT2D eigenvalue weighted by molar-refractivity contribution is 5.95. The number of hydrogen-bond acceptors (Lipinski definition) is 5. The first kappa shape index (κ1) is 22.7. The van der Waals surface area contributed by atoms with Crippen LogP contribution >= 0.6 is 0 Å². The largest absolute Gasteiger partial charge is 0.493 e. The molecule has 1 saturated heterocycles. The molecule has 1 aliphatic heterocycles. The van der Waals surface area contributed by atoms with Crippen LogP contribution in [0.5, 0.6) is 11.5 Å². The van der Waals surface area contributed by atoms with E-state index in [1.54, 1.807) is 4.90 Å². The van der Waals surface area contributed by atoms with Gasteiger partial charge >= 0.3 is 12.8 Å². The van der Waals surface area contributed by atoms with E-state index >= 15 is 0 Å². The van der Waals surface area contributed by atoms with Crippen molar-refractivity contribution in [2.45, 2.75) is 31.5 Å². The quantitative estimate of drug-likeness (QED) is 0.518. The molecule has 0 N–H and O–H groups in total. The van der Waals surface area contributed by atoms with Crippen LogP contribution in [-0.2, 0) is 6.18 Å². The minimum Gasteiger partial charge on any atom is -0.493 e. The average Bonchev–Trinajstić information content (AvgIpc) is 3.21. The molecule has 7 nitrogen and oxygen atoms in total. The van der Waals surface area contributed by atoms with E-state index in [0.29, 0.717) is 25.2 Å². The molecule has 2 aromatic heterocycles. The minimum absolute atomic E-state index is 0.0159. The van der Waals surface area contributed by atoms with Crippen molar-refractivity contribution >= 4 is 11.6 Å². The predicted octanol–water partition coefficient (Wildman–Crippen LogP) is 4.38. The number of rotatable bonds is 5. The van der Waals surface area contributed by atoms with Crippen LogP contribution in [0.2, 0.25) is 0 Å². The van der Waals surface area contributed by atoms with Gasteiger partial charge in [0.25, 0.3) is 5.91 Å². The summed E-state index contributed by atoms with van der Waals surface area (Å²) in [5, 5.41) is 8.03. The standard InChI is InChI=1S/C21H19F5N4O3/c1-32-16-9-12(4-6-15(16)33-20(22)23)19(31)29-8-2-3-13(10-29)18-28-27-17-7-5-14(11-30(17)18)21(24,25)26/h4-7,9,11,13,20H,2-3,8,10H2,1H3. The summed E-state index contributed by atoms with van der Waals surface area (Å²) >= 11 is 0. The van der Waals surface area contributed by atoms with Crippen LogP contribution in [0.1, 0.15) is 40.5 Å². The molecular formula is C21H19F5N4O3. The van der Waals surface area contributed by atoms with Crippen LogP contribution in [0.3, 0.4) is 0 Å². The number of nitrogens with zero attached hydrogens (tertiary/aromatic N) is 4. The number of fused-ring (bicyclic) bond motifs is 1. The molecule has 176 valence electrons. The number of carbonyl (C=O) groups excluding carboxylic acids is 1. The number of piperidine rings is 1. The molecule has 1 fully saturated rings. The van der Waals surface area contributed by atoms with E-state index in [4.69, 9.17) is 4.74 Å². The van der Waals surface area contributed by atoms with Gasteiger partial charge < -0.3 is 14.4 Å². The van der Waals surface area contributed by atoms with Crippen molar-refractivity contribution in [1.82, 2.24) is 19.5 Å². The third kappa shape index (κ3) is 4.69. The highest BCUT2D eigenvalue weighted by Crippen LogP contribution is 2.33. The Morgan fingerprint density at radius 3 is 2.64 bits per heavy atom. The summed E-state index contributed by atoms with van der Waals surface area (Å²) in [6.45, 7) is -2.40. The maximum absolute atomic E-state index is 13.1. The highest BCUT2D eigenvalue weighted by atomic mass is 19.4. The summed E-state index contributed by atoms with van der Waals surface area (Å²) in [5.74, 6) is -0.573. The topological polar surface area (TPSA) is 69.0 Å². The van der Waals surface area contributed by atoms with Gasteiger partial charge in [-0.2, -0.15) is 22.0 Å². The number of amides is 1. The van der Waals surface area contributed by atoms with Crippen LogP contribution in [-0.4, -0.2) is 52.2 Å². The van der Waals surface area contributed by atoms with Crippen molar-refractivity contribution < 1.29 is 36.2 Å². The van der Waals surface area contributed by atoms with Crippen molar-refractivity contribution in [3.8, 4) is 11.5 Å². The molecule has 1 amide bonds. The second-order valence-electron chi connectivity index (χ2n) is 7.54. The molecule has 0 radical (unpaired) electrons. The molecule has 4 rings (SSSR count). The van der Waals surface area contributed by atoms with Crippen molar-refractivity contribution in [1.29, 1.82) is 0 Å². The Bertz CT molecular complexity index is 1160.